The Morgan fingerprint density at radius 3 is 2.06 bits per heavy atom. The number of para-hydroxylation sites is 1. The summed E-state index contributed by atoms with van der Waals surface area (Å²) in [6.07, 6.45) is -10.6. The normalized spacial score (nSPS) is 20.2. The van der Waals surface area contributed by atoms with Gasteiger partial charge < -0.3 is 0 Å². The summed E-state index contributed by atoms with van der Waals surface area (Å²) in [6.45, 7) is 0. The Hall–Kier alpha value is -1.73. The number of nitrogens with zero attached hydrogens (tertiary/aromatic N) is 1. The molecule has 1 aliphatic heterocycles. The van der Waals surface area contributed by atoms with Gasteiger partial charge in [-0.2, -0.15) is 26.3 Å². The predicted octanol–water partition coefficient (Wildman–Crippen LogP) is 3.14. The standard InChI is InChI=1S/C10H5F6NO/c11-9(12,13)8-7(18)5-3-1-2-4-6(5)17(8)10(14,15)16/h1-4,8H. The lowest BCUT2D eigenvalue weighted by Crippen LogP contribution is -2.53. The smallest absolute Gasteiger partial charge is 0.291 e. The van der Waals surface area contributed by atoms with Crippen LogP contribution in [-0.4, -0.2) is 24.3 Å². The summed E-state index contributed by atoms with van der Waals surface area (Å²) in [5, 5.41) is 0. The third-order valence-corrected chi connectivity index (χ3v) is 2.52. The fourth-order valence-corrected chi connectivity index (χ4v) is 1.87. The monoisotopic (exact) mass is 269 g/mol. The molecule has 8 heteroatoms. The molecule has 1 heterocycles. The molecule has 0 N–H and O–H groups in total. The van der Waals surface area contributed by atoms with Crippen molar-refractivity contribution in [3.8, 4) is 0 Å². The van der Waals surface area contributed by atoms with Crippen molar-refractivity contribution in [2.45, 2.75) is 18.5 Å². The van der Waals surface area contributed by atoms with E-state index in [1.54, 1.807) is 0 Å². The highest BCUT2D eigenvalue weighted by Crippen LogP contribution is 2.44. The van der Waals surface area contributed by atoms with Crippen LogP contribution in [0.2, 0.25) is 0 Å². The van der Waals surface area contributed by atoms with Gasteiger partial charge in [0.25, 0.3) is 0 Å². The van der Waals surface area contributed by atoms with Crippen LogP contribution >= 0.6 is 0 Å². The van der Waals surface area contributed by atoms with Crippen LogP contribution in [0.15, 0.2) is 24.3 Å². The number of halogens is 6. The maximum absolute atomic E-state index is 12.7. The van der Waals surface area contributed by atoms with Crippen LogP contribution < -0.4 is 4.90 Å². The Kier molecular flexibility index (Phi) is 2.56. The number of hydrogen-bond acceptors (Lipinski definition) is 2. The van der Waals surface area contributed by atoms with Gasteiger partial charge in [0.1, 0.15) is 0 Å². The van der Waals surface area contributed by atoms with Crippen LogP contribution in [0.1, 0.15) is 10.4 Å². The number of benzene rings is 1. The molecule has 0 fully saturated rings. The summed E-state index contributed by atoms with van der Waals surface area (Å²) >= 11 is 0. The number of anilines is 1. The summed E-state index contributed by atoms with van der Waals surface area (Å²) < 4.78 is 75.8. The topological polar surface area (TPSA) is 20.3 Å². The fraction of sp³-hybridized carbons (Fsp3) is 0.300. The molecule has 0 saturated heterocycles. The number of alkyl halides is 6. The SMILES string of the molecule is O=C1c2ccccc2N(C(F)(F)F)C1C(F)(F)F. The number of carbonyl (C=O) groups excluding carboxylic acids is 1. The largest absolute Gasteiger partial charge is 0.485 e. The lowest BCUT2D eigenvalue weighted by Gasteiger charge is -2.29. The summed E-state index contributed by atoms with van der Waals surface area (Å²) in [4.78, 5) is 10.6. The lowest BCUT2D eigenvalue weighted by atomic mass is 10.1. The van der Waals surface area contributed by atoms with E-state index in [0.717, 1.165) is 18.2 Å². The zero-order valence-electron chi connectivity index (χ0n) is 8.51. The molecular weight excluding hydrogens is 264 g/mol. The quantitative estimate of drug-likeness (QED) is 0.532. The second-order valence-corrected chi connectivity index (χ2v) is 3.66. The van der Waals surface area contributed by atoms with Gasteiger partial charge in [-0.15, -0.1) is 0 Å². The molecule has 18 heavy (non-hydrogen) atoms. The number of fused-ring (bicyclic) bond motifs is 1. The Labute approximate surface area is 96.8 Å². The van der Waals surface area contributed by atoms with Crippen molar-refractivity contribution in [2.75, 3.05) is 4.90 Å². The van der Waals surface area contributed by atoms with Crippen LogP contribution in [0.5, 0.6) is 0 Å². The van der Waals surface area contributed by atoms with Gasteiger partial charge in [0.05, 0.1) is 5.69 Å². The van der Waals surface area contributed by atoms with Crippen molar-refractivity contribution in [3.63, 3.8) is 0 Å². The van der Waals surface area contributed by atoms with Gasteiger partial charge >= 0.3 is 12.5 Å². The average Bonchev–Trinajstić information content (AvgIpc) is 2.52. The third kappa shape index (κ3) is 1.81. The molecule has 1 unspecified atom stereocenters. The molecule has 0 radical (unpaired) electrons. The highest BCUT2D eigenvalue weighted by Gasteiger charge is 2.61. The van der Waals surface area contributed by atoms with Crippen molar-refractivity contribution in [2.24, 2.45) is 0 Å². The summed E-state index contributed by atoms with van der Waals surface area (Å²) in [5.74, 6) is -1.59. The van der Waals surface area contributed by atoms with Gasteiger partial charge in [-0.05, 0) is 12.1 Å². The van der Waals surface area contributed by atoms with E-state index >= 15 is 0 Å². The Morgan fingerprint density at radius 2 is 1.56 bits per heavy atom. The molecule has 1 aromatic carbocycles. The van der Waals surface area contributed by atoms with Gasteiger partial charge in [0, 0.05) is 5.56 Å². The first kappa shape index (κ1) is 12.7. The predicted molar refractivity (Wildman–Crippen MR) is 49.1 cm³/mol. The first-order valence-electron chi connectivity index (χ1n) is 4.70. The van der Waals surface area contributed by atoms with Gasteiger partial charge in [-0.25, -0.2) is 0 Å². The number of carbonyl (C=O) groups is 1. The van der Waals surface area contributed by atoms with E-state index in [1.165, 1.54) is 6.07 Å². The first-order valence-corrected chi connectivity index (χ1v) is 4.70. The Morgan fingerprint density at radius 1 is 1.00 bits per heavy atom. The number of rotatable bonds is 0. The second-order valence-electron chi connectivity index (χ2n) is 3.66. The molecule has 0 spiro atoms. The molecule has 1 aliphatic rings. The van der Waals surface area contributed by atoms with E-state index in [-0.39, 0.29) is 0 Å². The van der Waals surface area contributed by atoms with Crippen molar-refractivity contribution in [1.82, 2.24) is 0 Å². The van der Waals surface area contributed by atoms with Gasteiger partial charge in [0.15, 0.2) is 11.8 Å². The second kappa shape index (κ2) is 3.63. The van der Waals surface area contributed by atoms with Gasteiger partial charge in [-0.1, -0.05) is 12.1 Å². The molecule has 1 atom stereocenters. The number of ketones is 1. The summed E-state index contributed by atoms with van der Waals surface area (Å²) in [5.41, 5.74) is -1.34. The average molecular weight is 269 g/mol. The van der Waals surface area contributed by atoms with Crippen LogP contribution in [0.25, 0.3) is 0 Å². The number of Topliss-reactive ketones (excluding diaryl/α,β-unsaturated/α-hetero) is 1. The molecule has 0 aromatic heterocycles. The highest BCUT2D eigenvalue weighted by molar-refractivity contribution is 6.11. The van der Waals surface area contributed by atoms with Gasteiger partial charge in [-0.3, -0.25) is 9.69 Å². The Balaban J connectivity index is 2.62. The third-order valence-electron chi connectivity index (χ3n) is 2.52. The van der Waals surface area contributed by atoms with E-state index in [1.807, 2.05) is 0 Å². The molecule has 0 bridgehead atoms. The van der Waals surface area contributed by atoms with E-state index in [0.29, 0.717) is 0 Å². The van der Waals surface area contributed by atoms with Crippen molar-refractivity contribution < 1.29 is 31.1 Å². The minimum atomic E-state index is -5.29. The van der Waals surface area contributed by atoms with Crippen LogP contribution in [-0.2, 0) is 0 Å². The zero-order valence-corrected chi connectivity index (χ0v) is 8.51. The molecule has 0 saturated carbocycles. The lowest BCUT2D eigenvalue weighted by molar-refractivity contribution is -0.181. The van der Waals surface area contributed by atoms with Crippen LogP contribution in [0.4, 0.5) is 32.0 Å². The van der Waals surface area contributed by atoms with E-state index in [4.69, 9.17) is 0 Å². The van der Waals surface area contributed by atoms with Gasteiger partial charge in [0.2, 0.25) is 0 Å². The molecule has 1 aromatic rings. The molecule has 0 aliphatic carbocycles. The molecular formula is C10H5F6NO. The van der Waals surface area contributed by atoms with E-state index in [2.05, 4.69) is 0 Å². The maximum atomic E-state index is 12.7. The number of hydrogen-bond donors (Lipinski definition) is 0. The van der Waals surface area contributed by atoms with Crippen LogP contribution in [0, 0.1) is 0 Å². The van der Waals surface area contributed by atoms with Crippen molar-refractivity contribution in [3.05, 3.63) is 29.8 Å². The minimum Gasteiger partial charge on any atom is -0.291 e. The first-order chi connectivity index (χ1) is 8.14. The summed E-state index contributed by atoms with van der Waals surface area (Å²) in [7, 11) is 0. The van der Waals surface area contributed by atoms with Crippen LogP contribution in [0.3, 0.4) is 0 Å². The highest BCUT2D eigenvalue weighted by atomic mass is 19.4. The van der Waals surface area contributed by atoms with Crippen molar-refractivity contribution in [1.29, 1.82) is 0 Å². The zero-order chi connectivity index (χ0) is 13.7. The maximum Gasteiger partial charge on any atom is 0.485 e. The Bertz CT molecular complexity index is 492. The molecule has 2 rings (SSSR count). The fourth-order valence-electron chi connectivity index (χ4n) is 1.87. The summed E-state index contributed by atoms with van der Waals surface area (Å²) in [6, 6.07) is 0.942. The molecule has 0 amide bonds. The van der Waals surface area contributed by atoms with E-state index < -0.39 is 40.5 Å². The molecule has 2 nitrogen and oxygen atoms in total. The van der Waals surface area contributed by atoms with E-state index in [9.17, 15) is 31.1 Å². The minimum absolute atomic E-state index is 0.572. The van der Waals surface area contributed by atoms with Crippen molar-refractivity contribution >= 4 is 11.5 Å². The molecule has 98 valence electrons.